The largest absolute Gasteiger partial charge is 0.348 e. The summed E-state index contributed by atoms with van der Waals surface area (Å²) in [4.78, 5) is 0. The standard InChI is InChI=1S/C17H18N2OS/c1-18-16-19(2)17(20,14-11-7-4-8-12-14)15(21-16)13-9-5-3-6-10-13/h3-12,15,20H,1-2H3/p+1. The molecule has 2 N–H and O–H groups in total. The average molecular weight is 299 g/mol. The second kappa shape index (κ2) is 5.54. The van der Waals surface area contributed by atoms with Crippen LogP contribution in [0.5, 0.6) is 0 Å². The second-order valence-corrected chi connectivity index (χ2v) is 6.21. The van der Waals surface area contributed by atoms with Crippen molar-refractivity contribution in [3.63, 3.8) is 0 Å². The van der Waals surface area contributed by atoms with Crippen molar-refractivity contribution in [2.24, 2.45) is 0 Å². The molecular weight excluding hydrogens is 280 g/mol. The Hall–Kier alpha value is -1.78. The molecule has 3 rings (SSSR count). The van der Waals surface area contributed by atoms with Crippen LogP contribution in [0.4, 0.5) is 0 Å². The van der Waals surface area contributed by atoms with Gasteiger partial charge in [0.25, 0.3) is 0 Å². The monoisotopic (exact) mass is 299 g/mol. The van der Waals surface area contributed by atoms with Gasteiger partial charge in [0.15, 0.2) is 0 Å². The minimum absolute atomic E-state index is 0.0754. The maximum absolute atomic E-state index is 11.5. The van der Waals surface area contributed by atoms with Crippen LogP contribution in [-0.2, 0) is 5.72 Å². The third-order valence-corrected chi connectivity index (χ3v) is 5.46. The summed E-state index contributed by atoms with van der Waals surface area (Å²) < 4.78 is 1.92. The first-order chi connectivity index (χ1) is 10.2. The van der Waals surface area contributed by atoms with Crippen molar-refractivity contribution in [3.05, 3.63) is 71.8 Å². The van der Waals surface area contributed by atoms with Gasteiger partial charge in [-0.2, -0.15) is 0 Å². The van der Waals surface area contributed by atoms with Crippen LogP contribution in [0, 0.1) is 0 Å². The molecule has 108 valence electrons. The zero-order valence-corrected chi connectivity index (χ0v) is 13.0. The molecule has 0 saturated heterocycles. The highest BCUT2D eigenvalue weighted by Crippen LogP contribution is 2.49. The van der Waals surface area contributed by atoms with Gasteiger partial charge in [0, 0.05) is 5.56 Å². The Morgan fingerprint density at radius 1 is 1.05 bits per heavy atom. The summed E-state index contributed by atoms with van der Waals surface area (Å²) >= 11 is 1.66. The van der Waals surface area contributed by atoms with Gasteiger partial charge < -0.3 is 5.11 Å². The zero-order valence-electron chi connectivity index (χ0n) is 12.2. The van der Waals surface area contributed by atoms with E-state index in [4.69, 9.17) is 0 Å². The molecule has 0 amide bonds. The normalized spacial score (nSPS) is 25.2. The minimum Gasteiger partial charge on any atom is -0.348 e. The SMILES string of the molecule is CNC1=[N+](C)C(O)(c2ccccc2)C(c2ccccc2)S1. The predicted molar refractivity (Wildman–Crippen MR) is 87.4 cm³/mol. The van der Waals surface area contributed by atoms with Crippen molar-refractivity contribution in [3.8, 4) is 0 Å². The fourth-order valence-corrected chi connectivity index (χ4v) is 4.18. The molecule has 1 aliphatic rings. The summed E-state index contributed by atoms with van der Waals surface area (Å²) in [5.74, 6) is 0. The van der Waals surface area contributed by atoms with E-state index in [-0.39, 0.29) is 5.25 Å². The van der Waals surface area contributed by atoms with E-state index in [0.717, 1.165) is 16.3 Å². The molecule has 2 aromatic rings. The number of amidine groups is 1. The van der Waals surface area contributed by atoms with Crippen LogP contribution >= 0.6 is 11.8 Å². The van der Waals surface area contributed by atoms with Gasteiger partial charge in [-0.15, -0.1) is 0 Å². The molecule has 0 saturated carbocycles. The molecule has 2 unspecified atom stereocenters. The van der Waals surface area contributed by atoms with Crippen molar-refractivity contribution < 1.29 is 9.68 Å². The molecule has 3 nitrogen and oxygen atoms in total. The van der Waals surface area contributed by atoms with E-state index in [9.17, 15) is 5.11 Å². The average Bonchev–Trinajstić information content (AvgIpc) is 2.82. The number of aliphatic hydroxyl groups is 1. The molecule has 0 aromatic heterocycles. The van der Waals surface area contributed by atoms with Crippen LogP contribution in [0.2, 0.25) is 0 Å². The third kappa shape index (κ3) is 2.24. The Morgan fingerprint density at radius 3 is 2.19 bits per heavy atom. The molecule has 0 spiro atoms. The van der Waals surface area contributed by atoms with E-state index < -0.39 is 5.72 Å². The van der Waals surface area contributed by atoms with E-state index in [2.05, 4.69) is 17.4 Å². The Morgan fingerprint density at radius 2 is 1.62 bits per heavy atom. The number of benzene rings is 2. The number of likely N-dealkylation sites (N-methyl/N-ethyl adjacent to an activating group) is 1. The summed E-state index contributed by atoms with van der Waals surface area (Å²) in [5, 5.41) is 15.6. The highest BCUT2D eigenvalue weighted by molar-refractivity contribution is 8.14. The fraction of sp³-hybridized carbons (Fsp3) is 0.235. The molecule has 0 aliphatic carbocycles. The van der Waals surface area contributed by atoms with Crippen LogP contribution in [0.25, 0.3) is 0 Å². The van der Waals surface area contributed by atoms with Gasteiger partial charge in [-0.1, -0.05) is 60.7 Å². The maximum Gasteiger partial charge on any atom is 0.309 e. The zero-order chi connectivity index (χ0) is 14.9. The highest BCUT2D eigenvalue weighted by Gasteiger charge is 2.53. The fourth-order valence-electron chi connectivity index (χ4n) is 2.79. The summed E-state index contributed by atoms with van der Waals surface area (Å²) in [7, 11) is 3.81. The minimum atomic E-state index is -1.06. The third-order valence-electron chi connectivity index (χ3n) is 3.93. The molecule has 2 atom stereocenters. The van der Waals surface area contributed by atoms with Crippen LogP contribution in [-0.4, -0.2) is 28.9 Å². The van der Waals surface area contributed by atoms with Crippen molar-refractivity contribution in [2.45, 2.75) is 11.0 Å². The highest BCUT2D eigenvalue weighted by atomic mass is 32.2. The van der Waals surface area contributed by atoms with Crippen molar-refractivity contribution in [2.75, 3.05) is 14.1 Å². The first-order valence-corrected chi connectivity index (χ1v) is 7.84. The Kier molecular flexibility index (Phi) is 3.74. The molecular formula is C17H19N2OS+. The predicted octanol–water partition coefficient (Wildman–Crippen LogP) is 2.54. The molecule has 0 radical (unpaired) electrons. The number of nitrogens with one attached hydrogen (secondary N) is 1. The molecule has 0 bridgehead atoms. The van der Waals surface area contributed by atoms with Gasteiger partial charge in [-0.3, -0.25) is 5.32 Å². The lowest BCUT2D eigenvalue weighted by molar-refractivity contribution is -0.644. The lowest BCUT2D eigenvalue weighted by Crippen LogP contribution is -2.40. The van der Waals surface area contributed by atoms with Crippen molar-refractivity contribution in [1.29, 1.82) is 0 Å². The first kappa shape index (κ1) is 14.2. The van der Waals surface area contributed by atoms with Crippen LogP contribution in [0.3, 0.4) is 0 Å². The molecule has 21 heavy (non-hydrogen) atoms. The summed E-state index contributed by atoms with van der Waals surface area (Å²) in [5.41, 5.74) is 0.955. The van der Waals surface area contributed by atoms with E-state index >= 15 is 0 Å². The van der Waals surface area contributed by atoms with E-state index in [1.54, 1.807) is 11.8 Å². The van der Waals surface area contributed by atoms with Gasteiger partial charge in [0.2, 0.25) is 5.72 Å². The number of nitrogens with zero attached hydrogens (tertiary/aromatic N) is 1. The van der Waals surface area contributed by atoms with Gasteiger partial charge in [-0.25, -0.2) is 4.58 Å². The summed E-state index contributed by atoms with van der Waals surface area (Å²) in [6, 6.07) is 20.0. The van der Waals surface area contributed by atoms with Crippen LogP contribution < -0.4 is 5.32 Å². The van der Waals surface area contributed by atoms with E-state index in [1.165, 1.54) is 0 Å². The van der Waals surface area contributed by atoms with Gasteiger partial charge in [0.05, 0.1) is 14.1 Å². The number of thioether (sulfide) groups is 1. The lowest BCUT2D eigenvalue weighted by atomic mass is 9.94. The molecule has 4 heteroatoms. The van der Waals surface area contributed by atoms with Gasteiger partial charge in [-0.05, 0) is 17.3 Å². The Balaban J connectivity index is 2.14. The summed E-state index contributed by atoms with van der Waals surface area (Å²) in [6.07, 6.45) is 0. The molecule has 2 aromatic carbocycles. The lowest BCUT2D eigenvalue weighted by Gasteiger charge is -2.28. The number of hydrogen-bond donors (Lipinski definition) is 2. The molecule has 0 fully saturated rings. The van der Waals surface area contributed by atoms with Crippen LogP contribution in [0.1, 0.15) is 16.4 Å². The maximum atomic E-state index is 11.5. The molecule has 1 heterocycles. The van der Waals surface area contributed by atoms with Gasteiger partial charge in [0.1, 0.15) is 5.25 Å². The van der Waals surface area contributed by atoms with Crippen LogP contribution in [0.15, 0.2) is 60.7 Å². The second-order valence-electron chi connectivity index (χ2n) is 5.11. The van der Waals surface area contributed by atoms with Crippen molar-refractivity contribution in [1.82, 2.24) is 5.32 Å². The quantitative estimate of drug-likeness (QED) is 0.837. The Labute approximate surface area is 129 Å². The smallest absolute Gasteiger partial charge is 0.309 e. The van der Waals surface area contributed by atoms with Crippen molar-refractivity contribution >= 4 is 16.9 Å². The van der Waals surface area contributed by atoms with E-state index in [1.807, 2.05) is 67.2 Å². The molecule has 1 aliphatic heterocycles. The Bertz CT molecular complexity index is 657. The van der Waals surface area contributed by atoms with Gasteiger partial charge >= 0.3 is 5.17 Å². The summed E-state index contributed by atoms with van der Waals surface area (Å²) in [6.45, 7) is 0. The number of rotatable bonds is 2. The first-order valence-electron chi connectivity index (χ1n) is 6.96. The topological polar surface area (TPSA) is 35.3 Å². The van der Waals surface area contributed by atoms with E-state index in [0.29, 0.717) is 0 Å². The number of hydrogen-bond acceptors (Lipinski definition) is 3.